The predicted octanol–water partition coefficient (Wildman–Crippen LogP) is 5.26. The van der Waals surface area contributed by atoms with Crippen molar-refractivity contribution in [1.82, 2.24) is 14.5 Å². The number of nitrogens with zero attached hydrogens (tertiary/aromatic N) is 3. The molecule has 1 fully saturated rings. The number of amides is 1. The molecule has 0 atom stereocenters. The lowest BCUT2D eigenvalue weighted by Gasteiger charge is -2.31. The number of carbonyl (C=O) groups is 1. The topological polar surface area (TPSA) is 38.1 Å². The molecule has 4 rings (SSSR count). The molecule has 0 N–H and O–H groups in total. The normalized spacial score (nSPS) is 15.5. The maximum Gasteiger partial charge on any atom is 0.246 e. The van der Waals surface area contributed by atoms with Gasteiger partial charge in [-0.15, -0.1) is 0 Å². The van der Waals surface area contributed by atoms with Crippen LogP contribution < -0.4 is 0 Å². The highest BCUT2D eigenvalue weighted by atomic mass is 35.5. The van der Waals surface area contributed by atoms with Crippen LogP contribution in [0.1, 0.15) is 29.5 Å². The first-order chi connectivity index (χ1) is 14.0. The van der Waals surface area contributed by atoms with Crippen LogP contribution in [0.3, 0.4) is 0 Å². The van der Waals surface area contributed by atoms with Crippen LogP contribution in [0.4, 0.5) is 0 Å². The fourth-order valence-corrected chi connectivity index (χ4v) is 4.15. The summed E-state index contributed by atoms with van der Waals surface area (Å²) in [7, 11) is 0. The summed E-state index contributed by atoms with van der Waals surface area (Å²) in [5.74, 6) is 0.619. The van der Waals surface area contributed by atoms with Gasteiger partial charge in [0.05, 0.1) is 17.4 Å². The van der Waals surface area contributed by atoms with Gasteiger partial charge in [0.15, 0.2) is 0 Å². The number of piperidine rings is 1. The van der Waals surface area contributed by atoms with Crippen LogP contribution in [-0.4, -0.2) is 33.4 Å². The second-order valence-corrected chi connectivity index (χ2v) is 8.35. The average Bonchev–Trinajstić information content (AvgIpc) is 3.09. The van der Waals surface area contributed by atoms with Gasteiger partial charge in [-0.1, -0.05) is 29.8 Å². The lowest BCUT2D eigenvalue weighted by atomic mass is 9.96. The largest absolute Gasteiger partial charge is 0.339 e. The zero-order valence-electron chi connectivity index (χ0n) is 16.9. The molecule has 1 saturated heterocycles. The molecule has 1 aromatic heterocycles. The fourth-order valence-electron chi connectivity index (χ4n) is 3.95. The van der Waals surface area contributed by atoms with E-state index in [0.717, 1.165) is 43.6 Å². The molecule has 0 radical (unpaired) electrons. The van der Waals surface area contributed by atoms with E-state index >= 15 is 0 Å². The summed E-state index contributed by atoms with van der Waals surface area (Å²) in [6.45, 7) is 6.81. The minimum absolute atomic E-state index is 0.0579. The predicted molar refractivity (Wildman–Crippen MR) is 119 cm³/mol. The Balaban J connectivity index is 1.35. The highest BCUT2D eigenvalue weighted by Crippen LogP contribution is 2.24. The molecule has 0 unspecified atom stereocenters. The van der Waals surface area contributed by atoms with Gasteiger partial charge in [0.2, 0.25) is 5.91 Å². The lowest BCUT2D eigenvalue weighted by Crippen LogP contribution is -2.38. The molecular weight excluding hydrogens is 382 g/mol. The molecule has 0 spiro atoms. The number of aryl methyl sites for hydroxylation is 2. The van der Waals surface area contributed by atoms with E-state index in [9.17, 15) is 4.79 Å². The second kappa shape index (κ2) is 8.42. The van der Waals surface area contributed by atoms with Gasteiger partial charge in [-0.2, -0.15) is 0 Å². The summed E-state index contributed by atoms with van der Waals surface area (Å²) >= 11 is 6.16. The maximum absolute atomic E-state index is 12.5. The SMILES string of the molecule is Cc1cc2ncn(CC3CCN(C(=O)/C=C/c4ccccc4Cl)CC3)c2cc1C. The molecule has 0 aliphatic carbocycles. The Morgan fingerprint density at radius 1 is 1.17 bits per heavy atom. The van der Waals surface area contributed by atoms with Crippen molar-refractivity contribution >= 4 is 34.6 Å². The first-order valence-corrected chi connectivity index (χ1v) is 10.5. The van der Waals surface area contributed by atoms with E-state index in [1.165, 1.54) is 16.6 Å². The van der Waals surface area contributed by atoms with Crippen molar-refractivity contribution in [1.29, 1.82) is 0 Å². The second-order valence-electron chi connectivity index (χ2n) is 7.95. The van der Waals surface area contributed by atoms with Crippen molar-refractivity contribution in [2.45, 2.75) is 33.2 Å². The highest BCUT2D eigenvalue weighted by Gasteiger charge is 2.22. The standard InChI is InChI=1S/C24H26ClN3O/c1-17-13-22-23(14-18(17)2)28(16-26-22)15-19-9-11-27(12-10-19)24(29)8-7-20-5-3-4-6-21(20)25/h3-8,13-14,16,19H,9-12,15H2,1-2H3/b8-7+. The quantitative estimate of drug-likeness (QED) is 0.553. The molecule has 1 aliphatic rings. The fraction of sp³-hybridized carbons (Fsp3) is 0.333. The van der Waals surface area contributed by atoms with Crippen LogP contribution >= 0.6 is 11.6 Å². The number of carbonyl (C=O) groups excluding carboxylic acids is 1. The smallest absolute Gasteiger partial charge is 0.246 e. The van der Waals surface area contributed by atoms with Gasteiger partial charge in [-0.05, 0) is 73.6 Å². The van der Waals surface area contributed by atoms with Gasteiger partial charge in [0.25, 0.3) is 0 Å². The zero-order valence-corrected chi connectivity index (χ0v) is 17.7. The van der Waals surface area contributed by atoms with Crippen LogP contribution in [-0.2, 0) is 11.3 Å². The zero-order chi connectivity index (χ0) is 20.4. The first kappa shape index (κ1) is 19.7. The third kappa shape index (κ3) is 4.38. The van der Waals surface area contributed by atoms with Crippen molar-refractivity contribution < 1.29 is 4.79 Å². The number of imidazole rings is 1. The number of aromatic nitrogens is 2. The molecular formula is C24H26ClN3O. The molecule has 1 aliphatic heterocycles. The monoisotopic (exact) mass is 407 g/mol. The third-order valence-corrected chi connectivity index (χ3v) is 6.27. The van der Waals surface area contributed by atoms with Crippen molar-refractivity contribution in [3.8, 4) is 0 Å². The van der Waals surface area contributed by atoms with E-state index in [0.29, 0.717) is 10.9 Å². The molecule has 0 bridgehead atoms. The average molecular weight is 408 g/mol. The van der Waals surface area contributed by atoms with E-state index in [2.05, 4.69) is 35.5 Å². The van der Waals surface area contributed by atoms with Gasteiger partial charge in [0, 0.05) is 30.7 Å². The van der Waals surface area contributed by atoms with Crippen LogP contribution in [0.2, 0.25) is 5.02 Å². The summed E-state index contributed by atoms with van der Waals surface area (Å²) < 4.78 is 2.27. The number of benzene rings is 2. The number of likely N-dealkylation sites (tertiary alicyclic amines) is 1. The van der Waals surface area contributed by atoms with E-state index in [4.69, 9.17) is 11.6 Å². The van der Waals surface area contributed by atoms with E-state index in [-0.39, 0.29) is 5.91 Å². The number of halogens is 1. The van der Waals surface area contributed by atoms with Gasteiger partial charge in [-0.25, -0.2) is 4.98 Å². The Bertz CT molecular complexity index is 1060. The van der Waals surface area contributed by atoms with Gasteiger partial charge in [0.1, 0.15) is 0 Å². The van der Waals surface area contributed by atoms with Crippen molar-refractivity contribution in [2.24, 2.45) is 5.92 Å². The maximum atomic E-state index is 12.5. The minimum atomic E-state index is 0.0579. The van der Waals surface area contributed by atoms with Crippen LogP contribution in [0.5, 0.6) is 0 Å². The highest BCUT2D eigenvalue weighted by molar-refractivity contribution is 6.32. The summed E-state index contributed by atoms with van der Waals surface area (Å²) in [5, 5.41) is 0.660. The van der Waals surface area contributed by atoms with Crippen molar-refractivity contribution in [3.63, 3.8) is 0 Å². The van der Waals surface area contributed by atoms with Gasteiger partial charge in [-0.3, -0.25) is 4.79 Å². The summed E-state index contributed by atoms with van der Waals surface area (Å²) in [6, 6.07) is 11.9. The summed E-state index contributed by atoms with van der Waals surface area (Å²) in [6.07, 6.45) is 7.41. The van der Waals surface area contributed by atoms with Gasteiger partial charge < -0.3 is 9.47 Å². The molecule has 4 nitrogen and oxygen atoms in total. The summed E-state index contributed by atoms with van der Waals surface area (Å²) in [4.78, 5) is 19.0. The molecule has 3 aromatic rings. The Kier molecular flexibility index (Phi) is 5.72. The number of hydrogen-bond donors (Lipinski definition) is 0. The van der Waals surface area contributed by atoms with E-state index < -0.39 is 0 Å². The molecule has 2 aromatic carbocycles. The van der Waals surface area contributed by atoms with E-state index in [1.54, 1.807) is 12.2 Å². The van der Waals surface area contributed by atoms with Crippen LogP contribution in [0, 0.1) is 19.8 Å². The Morgan fingerprint density at radius 3 is 2.66 bits per heavy atom. The lowest BCUT2D eigenvalue weighted by molar-refractivity contribution is -0.127. The minimum Gasteiger partial charge on any atom is -0.339 e. The molecule has 5 heteroatoms. The molecule has 1 amide bonds. The van der Waals surface area contributed by atoms with Crippen molar-refractivity contribution in [3.05, 3.63) is 70.5 Å². The summed E-state index contributed by atoms with van der Waals surface area (Å²) in [5.41, 5.74) is 5.71. The number of fused-ring (bicyclic) bond motifs is 1. The van der Waals surface area contributed by atoms with Crippen molar-refractivity contribution in [2.75, 3.05) is 13.1 Å². The van der Waals surface area contributed by atoms with Crippen LogP contribution in [0.15, 0.2) is 48.8 Å². The molecule has 2 heterocycles. The Morgan fingerprint density at radius 2 is 1.90 bits per heavy atom. The number of hydrogen-bond acceptors (Lipinski definition) is 2. The third-order valence-electron chi connectivity index (χ3n) is 5.93. The molecule has 29 heavy (non-hydrogen) atoms. The Hall–Kier alpha value is -2.59. The van der Waals surface area contributed by atoms with E-state index in [1.807, 2.05) is 35.5 Å². The van der Waals surface area contributed by atoms with Gasteiger partial charge >= 0.3 is 0 Å². The molecule has 0 saturated carbocycles. The van der Waals surface area contributed by atoms with Crippen LogP contribution in [0.25, 0.3) is 17.1 Å². The Labute approximate surface area is 176 Å². The number of rotatable bonds is 4. The molecule has 150 valence electrons. The first-order valence-electron chi connectivity index (χ1n) is 10.1.